The van der Waals surface area contributed by atoms with Crippen molar-refractivity contribution in [2.24, 2.45) is 0 Å². The molecule has 32 heavy (non-hydrogen) atoms. The van der Waals surface area contributed by atoms with Gasteiger partial charge in [-0.25, -0.2) is 4.90 Å². The van der Waals surface area contributed by atoms with Crippen LogP contribution in [0.4, 0.5) is 11.4 Å². The third-order valence-electron chi connectivity index (χ3n) is 4.17. The highest BCUT2D eigenvalue weighted by Crippen LogP contribution is 2.54. The van der Waals surface area contributed by atoms with E-state index in [0.29, 0.717) is 0 Å². The minimum atomic E-state index is -2.16. The molecule has 2 atom stereocenters. The number of anilines is 2. The molecular formula is C18H16Cl6N2O6. The second-order valence-electron chi connectivity index (χ2n) is 6.68. The van der Waals surface area contributed by atoms with Crippen LogP contribution in [0.25, 0.3) is 0 Å². The summed E-state index contributed by atoms with van der Waals surface area (Å²) in [5.41, 5.74) is -0.222. The molecule has 2 unspecified atom stereocenters. The molecule has 0 N–H and O–H groups in total. The molecule has 1 aromatic rings. The van der Waals surface area contributed by atoms with Crippen molar-refractivity contribution in [3.05, 3.63) is 17.7 Å². The number of alkyl halides is 6. The lowest BCUT2D eigenvalue weighted by atomic mass is 10.0. The van der Waals surface area contributed by atoms with Crippen molar-refractivity contribution < 1.29 is 28.7 Å². The number of rotatable bonds is 2. The second kappa shape index (κ2) is 9.70. The molecule has 0 radical (unpaired) electrons. The molecule has 1 aromatic carbocycles. The number of ether oxygens (including phenoxy) is 2. The molecule has 2 rings (SSSR count). The highest BCUT2D eigenvalue weighted by Gasteiger charge is 2.49. The minimum Gasteiger partial charge on any atom is -0.458 e. The molecule has 0 aliphatic carbocycles. The normalized spacial score (nSPS) is 18.3. The second-order valence-corrected chi connectivity index (χ2v) is 11.4. The Morgan fingerprint density at radius 1 is 0.781 bits per heavy atom. The zero-order valence-corrected chi connectivity index (χ0v) is 21.5. The lowest BCUT2D eigenvalue weighted by molar-refractivity contribution is -0.136. The van der Waals surface area contributed by atoms with Crippen LogP contribution in [0.2, 0.25) is 0 Å². The molecular weight excluding hydrogens is 553 g/mol. The number of hydrogen-bond donors (Lipinski definition) is 0. The fraction of sp³-hybridized carbons (Fsp3) is 0.444. The average molecular weight is 569 g/mol. The van der Waals surface area contributed by atoms with Crippen LogP contribution in [-0.4, -0.2) is 37.5 Å². The summed E-state index contributed by atoms with van der Waals surface area (Å²) in [6.45, 7) is 4.53. The summed E-state index contributed by atoms with van der Waals surface area (Å²) < 4.78 is 6.91. The Labute approximate surface area is 213 Å². The van der Waals surface area contributed by atoms with Gasteiger partial charge >= 0.3 is 0 Å². The smallest absolute Gasteiger partial charge is 0.252 e. The highest BCUT2D eigenvalue weighted by atomic mass is 35.6. The van der Waals surface area contributed by atoms with Crippen LogP contribution in [0, 0.1) is 0 Å². The van der Waals surface area contributed by atoms with Gasteiger partial charge in [0.2, 0.25) is 33.7 Å². The maximum atomic E-state index is 12.3. The number of amides is 4. The van der Waals surface area contributed by atoms with E-state index >= 15 is 0 Å². The summed E-state index contributed by atoms with van der Waals surface area (Å²) >= 11 is 36.1. The van der Waals surface area contributed by atoms with Crippen molar-refractivity contribution in [2.75, 3.05) is 9.80 Å². The van der Waals surface area contributed by atoms with Gasteiger partial charge in [0.05, 0.1) is 11.4 Å². The molecule has 1 aliphatic rings. The van der Waals surface area contributed by atoms with Crippen LogP contribution >= 0.6 is 69.6 Å². The first kappa shape index (κ1) is 27.2. The predicted octanol–water partition coefficient (Wildman–Crippen LogP) is 5.00. The monoisotopic (exact) mass is 566 g/mol. The Balaban J connectivity index is 2.95. The average Bonchev–Trinajstić information content (AvgIpc) is 2.57. The van der Waals surface area contributed by atoms with E-state index in [0.717, 1.165) is 37.5 Å². The number of benzene rings is 1. The maximum absolute atomic E-state index is 12.3. The number of nitrogens with zero attached hydrogens (tertiary/aromatic N) is 2. The van der Waals surface area contributed by atoms with Crippen LogP contribution in [0.1, 0.15) is 39.4 Å². The Bertz CT molecular complexity index is 946. The fourth-order valence-electron chi connectivity index (χ4n) is 3.11. The Morgan fingerprint density at radius 2 is 1.25 bits per heavy atom. The Morgan fingerprint density at radius 3 is 1.62 bits per heavy atom. The first-order valence-electron chi connectivity index (χ1n) is 8.72. The summed E-state index contributed by atoms with van der Waals surface area (Å²) in [5, 5.41) is 0. The molecule has 4 amide bonds. The van der Waals surface area contributed by atoms with Crippen LogP contribution in [-0.2, 0) is 23.9 Å². The van der Waals surface area contributed by atoms with E-state index in [2.05, 4.69) is 0 Å². The van der Waals surface area contributed by atoms with Gasteiger partial charge in [-0.05, 0) is 12.1 Å². The zero-order valence-electron chi connectivity index (χ0n) is 16.9. The van der Waals surface area contributed by atoms with Crippen LogP contribution in [0.5, 0.6) is 5.75 Å². The molecule has 8 nitrogen and oxygen atoms in total. The SMILES string of the molecule is CC(=O)N(C(C)=O)c1cc2c(c(N(C(C)=O)C(C)=O)c1)OC(C(Cl)(Cl)Cl)OC2C(Cl)(Cl)Cl. The number of hydrogen-bond acceptors (Lipinski definition) is 6. The van der Waals surface area contributed by atoms with Crippen molar-refractivity contribution in [1.82, 2.24) is 0 Å². The molecule has 0 saturated heterocycles. The van der Waals surface area contributed by atoms with Crippen LogP contribution in [0.3, 0.4) is 0 Å². The number of fused-ring (bicyclic) bond motifs is 1. The Hall–Kier alpha value is -1.00. The van der Waals surface area contributed by atoms with Crippen LogP contribution in [0.15, 0.2) is 12.1 Å². The van der Waals surface area contributed by atoms with Gasteiger partial charge in [0.1, 0.15) is 6.10 Å². The lowest BCUT2D eigenvalue weighted by Crippen LogP contribution is -2.43. The zero-order chi connectivity index (χ0) is 24.8. The molecule has 0 saturated carbocycles. The molecule has 0 spiro atoms. The fourth-order valence-corrected chi connectivity index (χ4v) is 3.91. The van der Waals surface area contributed by atoms with Crippen molar-refractivity contribution in [2.45, 2.75) is 47.7 Å². The van der Waals surface area contributed by atoms with Gasteiger partial charge in [-0.15, -0.1) is 0 Å². The van der Waals surface area contributed by atoms with E-state index in [1.807, 2.05) is 0 Å². The summed E-state index contributed by atoms with van der Waals surface area (Å²) in [7, 11) is 0. The molecule has 1 heterocycles. The van der Waals surface area contributed by atoms with E-state index in [-0.39, 0.29) is 22.7 Å². The van der Waals surface area contributed by atoms with Gasteiger partial charge < -0.3 is 9.47 Å². The third-order valence-corrected chi connectivity index (χ3v) is 5.30. The standard InChI is InChI=1S/C18H16Cl6N2O6/c1-7(27)25(8(2)28)11-5-12-14(13(6-11)26(9(3)29)10(4)30)31-16(18(22,23)24)32-15(12)17(19,20)21/h5-6,15-16H,1-4H3. The minimum absolute atomic E-state index is 0.0111. The maximum Gasteiger partial charge on any atom is 0.252 e. The number of imide groups is 2. The van der Waals surface area contributed by atoms with Crippen molar-refractivity contribution >= 4 is 105 Å². The first-order chi connectivity index (χ1) is 14.5. The van der Waals surface area contributed by atoms with E-state index in [9.17, 15) is 19.2 Å². The van der Waals surface area contributed by atoms with Crippen LogP contribution < -0.4 is 14.5 Å². The summed E-state index contributed by atoms with van der Waals surface area (Å²) in [5.74, 6) is -2.89. The quantitative estimate of drug-likeness (QED) is 0.466. The highest BCUT2D eigenvalue weighted by molar-refractivity contribution is 6.68. The summed E-state index contributed by atoms with van der Waals surface area (Å²) in [4.78, 5) is 50.4. The third kappa shape index (κ3) is 5.73. The molecule has 14 heteroatoms. The molecule has 0 bridgehead atoms. The Kier molecular flexibility index (Phi) is 8.26. The molecule has 1 aliphatic heterocycles. The van der Waals surface area contributed by atoms with Crippen molar-refractivity contribution in [3.8, 4) is 5.75 Å². The van der Waals surface area contributed by atoms with Crippen molar-refractivity contribution in [3.63, 3.8) is 0 Å². The molecule has 176 valence electrons. The van der Waals surface area contributed by atoms with Gasteiger partial charge in [-0.2, -0.15) is 0 Å². The summed E-state index contributed by atoms with van der Waals surface area (Å²) in [6, 6.07) is 2.49. The van der Waals surface area contributed by atoms with E-state index in [1.54, 1.807) is 0 Å². The van der Waals surface area contributed by atoms with Gasteiger partial charge in [0.15, 0.2) is 5.75 Å². The number of carbonyl (C=O) groups excluding carboxylic acids is 4. The van der Waals surface area contributed by atoms with E-state index in [1.165, 1.54) is 12.1 Å². The summed E-state index contributed by atoms with van der Waals surface area (Å²) in [6.07, 6.45) is -3.06. The molecule has 0 aromatic heterocycles. The van der Waals surface area contributed by atoms with Gasteiger partial charge in [0.25, 0.3) is 3.79 Å². The molecule has 0 fully saturated rings. The topological polar surface area (TPSA) is 93.2 Å². The van der Waals surface area contributed by atoms with E-state index in [4.69, 9.17) is 79.1 Å². The van der Waals surface area contributed by atoms with Crippen molar-refractivity contribution in [1.29, 1.82) is 0 Å². The largest absolute Gasteiger partial charge is 0.458 e. The lowest BCUT2D eigenvalue weighted by Gasteiger charge is -2.40. The van der Waals surface area contributed by atoms with Gasteiger partial charge in [-0.1, -0.05) is 69.6 Å². The number of halogens is 6. The predicted molar refractivity (Wildman–Crippen MR) is 123 cm³/mol. The van der Waals surface area contributed by atoms with Gasteiger partial charge in [-0.3, -0.25) is 24.1 Å². The van der Waals surface area contributed by atoms with Gasteiger partial charge in [0, 0.05) is 33.3 Å². The van der Waals surface area contributed by atoms with E-state index < -0.39 is 43.6 Å². The first-order valence-corrected chi connectivity index (χ1v) is 11.0. The number of carbonyl (C=O) groups is 4.